The van der Waals surface area contributed by atoms with E-state index in [-0.39, 0.29) is 6.42 Å². The van der Waals surface area contributed by atoms with Gasteiger partial charge in [0.25, 0.3) is 0 Å². The van der Waals surface area contributed by atoms with Crippen LogP contribution in [-0.4, -0.2) is 11.1 Å². The monoisotopic (exact) mass is 196 g/mol. The first-order chi connectivity index (χ1) is 6.62. The van der Waals surface area contributed by atoms with Gasteiger partial charge in [0, 0.05) is 0 Å². The van der Waals surface area contributed by atoms with Gasteiger partial charge in [0.1, 0.15) is 0 Å². The fourth-order valence-corrected chi connectivity index (χ4v) is 2.16. The van der Waals surface area contributed by atoms with Crippen molar-refractivity contribution in [2.45, 2.75) is 51.9 Å². The number of allylic oxidation sites excluding steroid dienone is 1. The number of carbonyl (C=O) groups is 1. The first-order valence-electron chi connectivity index (χ1n) is 5.49. The molecule has 0 saturated heterocycles. The fourth-order valence-electron chi connectivity index (χ4n) is 2.16. The van der Waals surface area contributed by atoms with Crippen LogP contribution in [0.15, 0.2) is 12.2 Å². The predicted molar refractivity (Wildman–Crippen MR) is 57.2 cm³/mol. The maximum Gasteiger partial charge on any atom is 0.307 e. The van der Waals surface area contributed by atoms with Crippen molar-refractivity contribution in [3.63, 3.8) is 0 Å². The summed E-state index contributed by atoms with van der Waals surface area (Å²) in [5.41, 5.74) is 0.438. The smallest absolute Gasteiger partial charge is 0.307 e. The molecule has 1 rings (SSSR count). The van der Waals surface area contributed by atoms with Crippen molar-refractivity contribution in [3.05, 3.63) is 12.2 Å². The lowest BCUT2D eigenvalue weighted by Gasteiger charge is -2.32. The molecule has 0 aromatic rings. The molecule has 0 heterocycles. The Hall–Kier alpha value is -0.790. The largest absolute Gasteiger partial charge is 0.481 e. The third kappa shape index (κ3) is 3.95. The summed E-state index contributed by atoms with van der Waals surface area (Å²) in [6, 6.07) is 0. The Kier molecular flexibility index (Phi) is 4.18. The summed E-state index contributed by atoms with van der Waals surface area (Å²) in [5, 5.41) is 8.46. The standard InChI is InChI=1S/C12H20O2/c1-12(8-4-2-5-9-12)10-6-3-7-11(13)14/h3,6H,2,4-5,7-10H2,1H3,(H,13,14)/b6-3+. The third-order valence-electron chi connectivity index (χ3n) is 3.13. The average Bonchev–Trinajstić information content (AvgIpc) is 2.14. The number of aliphatic carboxylic acids is 1. The minimum atomic E-state index is -0.741. The van der Waals surface area contributed by atoms with E-state index >= 15 is 0 Å². The Morgan fingerprint density at radius 3 is 2.50 bits per heavy atom. The van der Waals surface area contributed by atoms with Crippen molar-refractivity contribution in [2.24, 2.45) is 5.41 Å². The zero-order valence-corrected chi connectivity index (χ0v) is 8.96. The van der Waals surface area contributed by atoms with Crippen molar-refractivity contribution >= 4 is 5.97 Å². The summed E-state index contributed by atoms with van der Waals surface area (Å²) in [6.07, 6.45) is 11.7. The second-order valence-electron chi connectivity index (χ2n) is 4.64. The average molecular weight is 196 g/mol. The highest BCUT2D eigenvalue weighted by molar-refractivity contribution is 5.68. The molecule has 1 saturated carbocycles. The molecule has 0 atom stereocenters. The van der Waals surface area contributed by atoms with Gasteiger partial charge in [0.2, 0.25) is 0 Å². The van der Waals surface area contributed by atoms with Crippen molar-refractivity contribution in [2.75, 3.05) is 0 Å². The molecule has 0 radical (unpaired) electrons. The Morgan fingerprint density at radius 2 is 1.93 bits per heavy atom. The van der Waals surface area contributed by atoms with Crippen molar-refractivity contribution < 1.29 is 9.90 Å². The second-order valence-corrected chi connectivity index (χ2v) is 4.64. The van der Waals surface area contributed by atoms with Gasteiger partial charge in [-0.15, -0.1) is 0 Å². The van der Waals surface area contributed by atoms with E-state index in [1.807, 2.05) is 6.08 Å². The van der Waals surface area contributed by atoms with Crippen LogP contribution in [-0.2, 0) is 4.79 Å². The molecule has 2 heteroatoms. The molecule has 0 aromatic carbocycles. The molecule has 14 heavy (non-hydrogen) atoms. The molecule has 0 unspecified atom stereocenters. The summed E-state index contributed by atoms with van der Waals surface area (Å²) in [4.78, 5) is 10.3. The molecule has 2 nitrogen and oxygen atoms in total. The lowest BCUT2D eigenvalue weighted by Crippen LogP contribution is -2.18. The van der Waals surface area contributed by atoms with Crippen molar-refractivity contribution in [3.8, 4) is 0 Å². The molecule has 1 aliphatic carbocycles. The fraction of sp³-hybridized carbons (Fsp3) is 0.750. The third-order valence-corrected chi connectivity index (χ3v) is 3.13. The van der Waals surface area contributed by atoms with Gasteiger partial charge in [-0.25, -0.2) is 0 Å². The SMILES string of the molecule is CC1(C/C=C/CC(=O)O)CCCCC1. The molecule has 1 fully saturated rings. The zero-order chi connectivity index (χ0) is 10.4. The highest BCUT2D eigenvalue weighted by atomic mass is 16.4. The Labute approximate surface area is 86.0 Å². The number of rotatable bonds is 4. The second kappa shape index (κ2) is 5.18. The molecule has 1 aliphatic rings. The summed E-state index contributed by atoms with van der Waals surface area (Å²) < 4.78 is 0. The van der Waals surface area contributed by atoms with Gasteiger partial charge in [0.15, 0.2) is 0 Å². The van der Waals surface area contributed by atoms with Gasteiger partial charge in [0.05, 0.1) is 6.42 Å². The van der Waals surface area contributed by atoms with Crippen LogP contribution in [0.25, 0.3) is 0 Å². The maximum atomic E-state index is 10.3. The van der Waals surface area contributed by atoms with Gasteiger partial charge < -0.3 is 5.11 Å². The zero-order valence-electron chi connectivity index (χ0n) is 8.96. The number of carboxylic acid groups (broad SMARTS) is 1. The van der Waals surface area contributed by atoms with Crippen LogP contribution >= 0.6 is 0 Å². The van der Waals surface area contributed by atoms with Gasteiger partial charge >= 0.3 is 5.97 Å². The summed E-state index contributed by atoms with van der Waals surface area (Å²) in [6.45, 7) is 2.32. The predicted octanol–water partition coefficient (Wildman–Crippen LogP) is 3.38. The van der Waals surface area contributed by atoms with Gasteiger partial charge in [-0.05, 0) is 24.7 Å². The normalized spacial score (nSPS) is 21.2. The van der Waals surface area contributed by atoms with E-state index in [0.717, 1.165) is 6.42 Å². The maximum absolute atomic E-state index is 10.3. The molecular formula is C12H20O2. The first kappa shape index (κ1) is 11.3. The van der Waals surface area contributed by atoms with Gasteiger partial charge in [-0.3, -0.25) is 4.79 Å². The number of hydrogen-bond acceptors (Lipinski definition) is 1. The van der Waals surface area contributed by atoms with Crippen LogP contribution < -0.4 is 0 Å². The summed E-state index contributed by atoms with van der Waals surface area (Å²) >= 11 is 0. The molecule has 0 amide bonds. The minimum Gasteiger partial charge on any atom is -0.481 e. The highest BCUT2D eigenvalue weighted by Crippen LogP contribution is 2.38. The Bertz CT molecular complexity index is 212. The lowest BCUT2D eigenvalue weighted by molar-refractivity contribution is -0.136. The van der Waals surface area contributed by atoms with Crippen LogP contribution in [0.1, 0.15) is 51.9 Å². The number of carboxylic acids is 1. The van der Waals surface area contributed by atoms with Crippen LogP contribution in [0, 0.1) is 5.41 Å². The molecule has 0 aromatic heterocycles. The van der Waals surface area contributed by atoms with E-state index in [9.17, 15) is 4.79 Å². The summed E-state index contributed by atoms with van der Waals surface area (Å²) in [7, 11) is 0. The van der Waals surface area contributed by atoms with Crippen LogP contribution in [0.2, 0.25) is 0 Å². The van der Waals surface area contributed by atoms with Crippen LogP contribution in [0.3, 0.4) is 0 Å². The first-order valence-corrected chi connectivity index (χ1v) is 5.49. The Morgan fingerprint density at radius 1 is 1.29 bits per heavy atom. The van der Waals surface area contributed by atoms with Crippen LogP contribution in [0.4, 0.5) is 0 Å². The van der Waals surface area contributed by atoms with Gasteiger partial charge in [-0.1, -0.05) is 38.3 Å². The lowest BCUT2D eigenvalue weighted by atomic mass is 9.73. The molecule has 0 aliphatic heterocycles. The van der Waals surface area contributed by atoms with E-state index in [4.69, 9.17) is 5.11 Å². The highest BCUT2D eigenvalue weighted by Gasteiger charge is 2.24. The number of hydrogen-bond donors (Lipinski definition) is 1. The minimum absolute atomic E-state index is 0.163. The van der Waals surface area contributed by atoms with E-state index in [1.54, 1.807) is 6.08 Å². The summed E-state index contributed by atoms with van der Waals surface area (Å²) in [5.74, 6) is -0.741. The van der Waals surface area contributed by atoms with Crippen LogP contribution in [0.5, 0.6) is 0 Å². The van der Waals surface area contributed by atoms with Crippen molar-refractivity contribution in [1.82, 2.24) is 0 Å². The van der Waals surface area contributed by atoms with Gasteiger partial charge in [-0.2, -0.15) is 0 Å². The molecule has 1 N–H and O–H groups in total. The van der Waals surface area contributed by atoms with E-state index < -0.39 is 5.97 Å². The molecule has 0 spiro atoms. The van der Waals surface area contributed by atoms with E-state index in [1.165, 1.54) is 32.1 Å². The van der Waals surface area contributed by atoms with E-state index in [2.05, 4.69) is 6.92 Å². The molecule has 0 bridgehead atoms. The van der Waals surface area contributed by atoms with E-state index in [0.29, 0.717) is 5.41 Å². The molecular weight excluding hydrogens is 176 g/mol. The quantitative estimate of drug-likeness (QED) is 0.700. The topological polar surface area (TPSA) is 37.3 Å². The Balaban J connectivity index is 2.27. The van der Waals surface area contributed by atoms with Crippen molar-refractivity contribution in [1.29, 1.82) is 0 Å². The molecule has 80 valence electrons.